The molecule has 2 aliphatic heterocycles. The molecule has 2 rings (SSSR count). The Morgan fingerprint density at radius 1 is 1.08 bits per heavy atom. The smallest absolute Gasteiger partial charge is 0.00153 e. The normalized spacial score (nSPS) is 33.5. The summed E-state index contributed by atoms with van der Waals surface area (Å²) >= 11 is 0. The van der Waals surface area contributed by atoms with Gasteiger partial charge in [0.2, 0.25) is 0 Å². The van der Waals surface area contributed by atoms with Gasteiger partial charge in [-0.1, -0.05) is 13.3 Å². The largest absolute Gasteiger partial charge is 0.317 e. The average Bonchev–Trinajstić information content (AvgIpc) is 2.20. The van der Waals surface area contributed by atoms with Crippen molar-refractivity contribution < 1.29 is 0 Å². The van der Waals surface area contributed by atoms with Crippen molar-refractivity contribution in [2.24, 2.45) is 11.3 Å². The van der Waals surface area contributed by atoms with E-state index >= 15 is 0 Å². The minimum atomic E-state index is 0.700. The second-order valence-electron chi connectivity index (χ2n) is 4.67. The van der Waals surface area contributed by atoms with Crippen molar-refractivity contribution in [1.82, 2.24) is 10.6 Å². The fourth-order valence-corrected chi connectivity index (χ4v) is 3.19. The molecule has 1 unspecified atom stereocenters. The van der Waals surface area contributed by atoms with Crippen LogP contribution in [0.3, 0.4) is 0 Å². The molecule has 2 saturated heterocycles. The van der Waals surface area contributed by atoms with E-state index in [1.54, 1.807) is 0 Å². The average molecular weight is 182 g/mol. The van der Waals surface area contributed by atoms with E-state index in [1.165, 1.54) is 51.9 Å². The Kier molecular flexibility index (Phi) is 2.89. The van der Waals surface area contributed by atoms with Gasteiger partial charge in [-0.2, -0.15) is 0 Å². The minimum absolute atomic E-state index is 0.700. The van der Waals surface area contributed by atoms with Crippen molar-refractivity contribution in [1.29, 1.82) is 0 Å². The lowest BCUT2D eigenvalue weighted by molar-refractivity contribution is 0.0644. The van der Waals surface area contributed by atoms with Gasteiger partial charge in [0, 0.05) is 0 Å². The van der Waals surface area contributed by atoms with Crippen LogP contribution in [-0.4, -0.2) is 26.2 Å². The maximum atomic E-state index is 3.54. The summed E-state index contributed by atoms with van der Waals surface area (Å²) in [6.07, 6.45) is 5.58. The van der Waals surface area contributed by atoms with Crippen molar-refractivity contribution in [3.05, 3.63) is 0 Å². The van der Waals surface area contributed by atoms with Crippen molar-refractivity contribution in [2.45, 2.75) is 32.6 Å². The third-order valence-electron chi connectivity index (χ3n) is 4.15. The van der Waals surface area contributed by atoms with E-state index in [-0.39, 0.29) is 0 Å². The van der Waals surface area contributed by atoms with E-state index in [4.69, 9.17) is 0 Å². The topological polar surface area (TPSA) is 24.1 Å². The Balaban J connectivity index is 2.06. The van der Waals surface area contributed by atoms with Crippen LogP contribution in [0.4, 0.5) is 0 Å². The van der Waals surface area contributed by atoms with Crippen LogP contribution < -0.4 is 10.6 Å². The number of hydrogen-bond donors (Lipinski definition) is 2. The van der Waals surface area contributed by atoms with Gasteiger partial charge in [-0.25, -0.2) is 0 Å². The fourth-order valence-electron chi connectivity index (χ4n) is 3.19. The lowest BCUT2D eigenvalue weighted by atomic mass is 9.64. The first-order valence-electron chi connectivity index (χ1n) is 5.79. The lowest BCUT2D eigenvalue weighted by Crippen LogP contribution is -2.50. The van der Waals surface area contributed by atoms with Gasteiger partial charge in [-0.05, 0) is 56.8 Å². The summed E-state index contributed by atoms with van der Waals surface area (Å²) in [7, 11) is 0. The summed E-state index contributed by atoms with van der Waals surface area (Å²) in [6.45, 7) is 7.35. The molecule has 2 nitrogen and oxygen atoms in total. The standard InChI is InChI=1S/C11H22N2/c1-2-10-9-13-8-5-11(10)3-6-12-7-4-11/h10,12-13H,2-9H2,1H3. The number of rotatable bonds is 1. The quantitative estimate of drug-likeness (QED) is 0.640. The molecule has 2 aliphatic rings. The van der Waals surface area contributed by atoms with Gasteiger partial charge in [0.25, 0.3) is 0 Å². The van der Waals surface area contributed by atoms with Gasteiger partial charge in [0.1, 0.15) is 0 Å². The summed E-state index contributed by atoms with van der Waals surface area (Å²) < 4.78 is 0. The SMILES string of the molecule is CCC1CNCCC12CCNCC2. The third kappa shape index (κ3) is 1.75. The molecule has 1 spiro atoms. The number of hydrogen-bond acceptors (Lipinski definition) is 2. The summed E-state index contributed by atoms with van der Waals surface area (Å²) in [4.78, 5) is 0. The van der Waals surface area contributed by atoms with Gasteiger partial charge in [-0.3, -0.25) is 0 Å². The van der Waals surface area contributed by atoms with Gasteiger partial charge < -0.3 is 10.6 Å². The van der Waals surface area contributed by atoms with E-state index in [0.717, 1.165) is 5.92 Å². The van der Waals surface area contributed by atoms with Crippen LogP contribution in [0.25, 0.3) is 0 Å². The molecule has 2 N–H and O–H groups in total. The molecule has 76 valence electrons. The molecular weight excluding hydrogens is 160 g/mol. The van der Waals surface area contributed by atoms with Crippen LogP contribution in [0.2, 0.25) is 0 Å². The Hall–Kier alpha value is -0.0800. The summed E-state index contributed by atoms with van der Waals surface area (Å²) in [5.74, 6) is 0.934. The van der Waals surface area contributed by atoms with Gasteiger partial charge in [0.05, 0.1) is 0 Å². The van der Waals surface area contributed by atoms with Gasteiger partial charge >= 0.3 is 0 Å². The van der Waals surface area contributed by atoms with Crippen molar-refractivity contribution >= 4 is 0 Å². The zero-order chi connectivity index (χ0) is 9.15. The zero-order valence-electron chi connectivity index (χ0n) is 8.73. The third-order valence-corrected chi connectivity index (χ3v) is 4.15. The Morgan fingerprint density at radius 2 is 1.69 bits per heavy atom. The second kappa shape index (κ2) is 3.97. The lowest BCUT2D eigenvalue weighted by Gasteiger charge is -2.47. The summed E-state index contributed by atoms with van der Waals surface area (Å²) in [5.41, 5.74) is 0.700. The first-order valence-corrected chi connectivity index (χ1v) is 5.79. The molecule has 2 heteroatoms. The summed E-state index contributed by atoms with van der Waals surface area (Å²) in [5, 5.41) is 7.02. The Morgan fingerprint density at radius 3 is 2.31 bits per heavy atom. The Bertz CT molecular complexity index is 153. The molecule has 0 aromatic rings. The van der Waals surface area contributed by atoms with Crippen LogP contribution in [-0.2, 0) is 0 Å². The predicted molar refractivity (Wildman–Crippen MR) is 55.8 cm³/mol. The minimum Gasteiger partial charge on any atom is -0.317 e. The zero-order valence-corrected chi connectivity index (χ0v) is 8.73. The molecule has 0 aliphatic carbocycles. The van der Waals surface area contributed by atoms with Gasteiger partial charge in [0.15, 0.2) is 0 Å². The molecule has 0 amide bonds. The van der Waals surface area contributed by atoms with Crippen molar-refractivity contribution in [3.63, 3.8) is 0 Å². The van der Waals surface area contributed by atoms with Crippen LogP contribution >= 0.6 is 0 Å². The highest BCUT2D eigenvalue weighted by atomic mass is 14.9. The second-order valence-corrected chi connectivity index (χ2v) is 4.67. The maximum absolute atomic E-state index is 3.54. The van der Waals surface area contributed by atoms with Crippen molar-refractivity contribution in [3.8, 4) is 0 Å². The van der Waals surface area contributed by atoms with E-state index in [0.29, 0.717) is 5.41 Å². The molecule has 0 bridgehead atoms. The molecule has 0 aromatic heterocycles. The number of nitrogens with one attached hydrogen (secondary N) is 2. The molecule has 13 heavy (non-hydrogen) atoms. The molecule has 1 atom stereocenters. The molecule has 0 saturated carbocycles. The highest BCUT2D eigenvalue weighted by Gasteiger charge is 2.39. The molecular formula is C11H22N2. The predicted octanol–water partition coefficient (Wildman–Crippen LogP) is 1.38. The van der Waals surface area contributed by atoms with E-state index in [1.807, 2.05) is 0 Å². The van der Waals surface area contributed by atoms with Crippen LogP contribution in [0.15, 0.2) is 0 Å². The number of piperidine rings is 2. The van der Waals surface area contributed by atoms with Crippen molar-refractivity contribution in [2.75, 3.05) is 26.2 Å². The highest BCUT2D eigenvalue weighted by Crippen LogP contribution is 2.43. The van der Waals surface area contributed by atoms with Gasteiger partial charge in [-0.15, -0.1) is 0 Å². The first-order chi connectivity index (χ1) is 6.37. The Labute approximate surface area is 81.5 Å². The van der Waals surface area contributed by atoms with Crippen LogP contribution in [0, 0.1) is 11.3 Å². The maximum Gasteiger partial charge on any atom is -0.00153 e. The first kappa shape index (κ1) is 9.47. The molecule has 2 heterocycles. The van der Waals surface area contributed by atoms with E-state index in [9.17, 15) is 0 Å². The summed E-state index contributed by atoms with van der Waals surface area (Å²) in [6, 6.07) is 0. The monoisotopic (exact) mass is 182 g/mol. The molecule has 0 aromatic carbocycles. The fraction of sp³-hybridized carbons (Fsp3) is 1.00. The highest BCUT2D eigenvalue weighted by molar-refractivity contribution is 4.93. The van der Waals surface area contributed by atoms with Crippen LogP contribution in [0.1, 0.15) is 32.6 Å². The van der Waals surface area contributed by atoms with Crippen LogP contribution in [0.5, 0.6) is 0 Å². The van der Waals surface area contributed by atoms with E-state index < -0.39 is 0 Å². The molecule has 2 fully saturated rings. The van der Waals surface area contributed by atoms with E-state index in [2.05, 4.69) is 17.6 Å². The molecule has 0 radical (unpaired) electrons.